The van der Waals surface area contributed by atoms with Crippen molar-refractivity contribution < 1.29 is 9.53 Å². The Balaban J connectivity index is 2.16. The molecule has 18 heavy (non-hydrogen) atoms. The molecule has 5 nitrogen and oxygen atoms in total. The molecule has 1 N–H and O–H groups in total. The first kappa shape index (κ1) is 12.1. The summed E-state index contributed by atoms with van der Waals surface area (Å²) in [6.45, 7) is 0. The summed E-state index contributed by atoms with van der Waals surface area (Å²) in [6.07, 6.45) is 1.45. The number of hydrogen-bond donors (Lipinski definition) is 1. The third-order valence-corrected chi connectivity index (χ3v) is 3.03. The fourth-order valence-corrected chi connectivity index (χ4v) is 2.07. The molecule has 0 saturated carbocycles. The van der Waals surface area contributed by atoms with Crippen LogP contribution in [-0.2, 0) is 4.74 Å². The molecule has 0 aliphatic rings. The third-order valence-electron chi connectivity index (χ3n) is 2.14. The quantitative estimate of drug-likeness (QED) is 0.857. The van der Waals surface area contributed by atoms with Crippen LogP contribution in [0.5, 0.6) is 0 Å². The number of ether oxygens (including phenoxy) is 1. The Morgan fingerprint density at radius 1 is 1.56 bits per heavy atom. The molecule has 0 saturated heterocycles. The predicted octanol–water partition coefficient (Wildman–Crippen LogP) is 2.54. The summed E-state index contributed by atoms with van der Waals surface area (Å²) in [5.74, 6) is -0.411. The Labute approximate surface area is 108 Å². The zero-order chi connectivity index (χ0) is 13.0. The van der Waals surface area contributed by atoms with Crippen molar-refractivity contribution in [1.82, 2.24) is 4.98 Å². The van der Waals surface area contributed by atoms with Crippen LogP contribution in [0.2, 0.25) is 0 Å². The van der Waals surface area contributed by atoms with Crippen LogP contribution in [0.1, 0.15) is 15.2 Å². The summed E-state index contributed by atoms with van der Waals surface area (Å²) < 4.78 is 4.60. The fourth-order valence-electron chi connectivity index (χ4n) is 1.32. The molecule has 1 heterocycles. The van der Waals surface area contributed by atoms with Gasteiger partial charge in [-0.2, -0.15) is 5.26 Å². The number of carbonyl (C=O) groups excluding carboxylic acids is 1. The van der Waals surface area contributed by atoms with Gasteiger partial charge in [-0.1, -0.05) is 17.4 Å². The van der Waals surface area contributed by atoms with Crippen LogP contribution < -0.4 is 5.32 Å². The number of nitrogens with one attached hydrogen (secondary N) is 1. The highest BCUT2D eigenvalue weighted by molar-refractivity contribution is 7.17. The molecule has 0 amide bonds. The number of hydrogen-bond acceptors (Lipinski definition) is 6. The molecule has 0 atom stereocenters. The third kappa shape index (κ3) is 2.64. The van der Waals surface area contributed by atoms with E-state index in [1.54, 1.807) is 18.2 Å². The van der Waals surface area contributed by atoms with Crippen LogP contribution in [0.4, 0.5) is 10.8 Å². The number of rotatable bonds is 3. The van der Waals surface area contributed by atoms with Crippen LogP contribution in [0.15, 0.2) is 30.5 Å². The Morgan fingerprint density at radius 3 is 3.11 bits per heavy atom. The summed E-state index contributed by atoms with van der Waals surface area (Å²) in [4.78, 5) is 15.7. The highest BCUT2D eigenvalue weighted by atomic mass is 32.1. The molecular formula is C12H9N3O2S. The first-order valence-electron chi connectivity index (χ1n) is 5.04. The Bertz CT molecular complexity index is 616. The normalized spacial score (nSPS) is 9.56. The van der Waals surface area contributed by atoms with E-state index in [-0.39, 0.29) is 0 Å². The lowest BCUT2D eigenvalue weighted by atomic mass is 10.2. The van der Waals surface area contributed by atoms with E-state index in [4.69, 9.17) is 5.26 Å². The zero-order valence-electron chi connectivity index (χ0n) is 9.51. The molecular weight excluding hydrogens is 250 g/mol. The molecule has 1 aromatic heterocycles. The van der Waals surface area contributed by atoms with Gasteiger partial charge < -0.3 is 10.1 Å². The van der Waals surface area contributed by atoms with E-state index in [1.165, 1.54) is 24.6 Å². The largest absolute Gasteiger partial charge is 0.465 e. The standard InChI is InChI=1S/C12H9N3O2S/c1-17-11(16)10-7-14-12(18-10)15-9-4-2-3-8(5-9)6-13/h2-5,7H,1H3,(H,14,15). The average Bonchev–Trinajstić information content (AvgIpc) is 2.86. The summed E-state index contributed by atoms with van der Waals surface area (Å²) >= 11 is 1.19. The summed E-state index contributed by atoms with van der Waals surface area (Å²) in [5, 5.41) is 12.4. The van der Waals surface area contributed by atoms with Gasteiger partial charge in [0.2, 0.25) is 0 Å². The van der Waals surface area contributed by atoms with Crippen molar-refractivity contribution in [2.45, 2.75) is 0 Å². The number of thiazole rings is 1. The Kier molecular flexibility index (Phi) is 3.55. The molecule has 1 aromatic carbocycles. The monoisotopic (exact) mass is 259 g/mol. The van der Waals surface area contributed by atoms with E-state index in [0.29, 0.717) is 15.6 Å². The van der Waals surface area contributed by atoms with Crippen LogP contribution in [-0.4, -0.2) is 18.1 Å². The van der Waals surface area contributed by atoms with Gasteiger partial charge in [-0.05, 0) is 18.2 Å². The topological polar surface area (TPSA) is 75.0 Å². The molecule has 0 unspecified atom stereocenters. The highest BCUT2D eigenvalue weighted by Crippen LogP contribution is 2.23. The number of benzene rings is 1. The molecule has 6 heteroatoms. The van der Waals surface area contributed by atoms with Crippen molar-refractivity contribution in [3.05, 3.63) is 40.9 Å². The van der Waals surface area contributed by atoms with Gasteiger partial charge in [-0.3, -0.25) is 0 Å². The second kappa shape index (κ2) is 5.29. The van der Waals surface area contributed by atoms with Crippen molar-refractivity contribution in [3.63, 3.8) is 0 Å². The molecule has 0 aliphatic heterocycles. The summed E-state index contributed by atoms with van der Waals surface area (Å²) in [5.41, 5.74) is 1.31. The summed E-state index contributed by atoms with van der Waals surface area (Å²) in [7, 11) is 1.32. The van der Waals surface area contributed by atoms with Gasteiger partial charge in [0.15, 0.2) is 5.13 Å². The van der Waals surface area contributed by atoms with E-state index in [9.17, 15) is 4.79 Å². The number of esters is 1. The van der Waals surface area contributed by atoms with Crippen molar-refractivity contribution >= 4 is 28.1 Å². The highest BCUT2D eigenvalue weighted by Gasteiger charge is 2.10. The van der Waals surface area contributed by atoms with Crippen LogP contribution in [0.25, 0.3) is 0 Å². The van der Waals surface area contributed by atoms with E-state index in [0.717, 1.165) is 5.69 Å². The van der Waals surface area contributed by atoms with Gasteiger partial charge >= 0.3 is 5.97 Å². The lowest BCUT2D eigenvalue weighted by molar-refractivity contribution is 0.0606. The first-order chi connectivity index (χ1) is 8.72. The lowest BCUT2D eigenvalue weighted by Crippen LogP contribution is -1.96. The maximum atomic E-state index is 11.3. The smallest absolute Gasteiger partial charge is 0.349 e. The summed E-state index contributed by atoms with van der Waals surface area (Å²) in [6, 6.07) is 9.07. The molecule has 0 radical (unpaired) electrons. The lowest BCUT2D eigenvalue weighted by Gasteiger charge is -2.01. The predicted molar refractivity (Wildman–Crippen MR) is 67.9 cm³/mol. The van der Waals surface area contributed by atoms with Crippen molar-refractivity contribution in [2.24, 2.45) is 0 Å². The number of nitrogens with zero attached hydrogens (tertiary/aromatic N) is 2. The number of carbonyl (C=O) groups is 1. The van der Waals surface area contributed by atoms with E-state index in [2.05, 4.69) is 21.1 Å². The minimum atomic E-state index is -0.411. The van der Waals surface area contributed by atoms with Crippen LogP contribution in [0.3, 0.4) is 0 Å². The number of aromatic nitrogens is 1. The van der Waals surface area contributed by atoms with Crippen LogP contribution in [0, 0.1) is 11.3 Å². The van der Waals surface area contributed by atoms with E-state index in [1.807, 2.05) is 6.07 Å². The Morgan fingerprint density at radius 2 is 2.39 bits per heavy atom. The minimum absolute atomic E-state index is 0.411. The second-order valence-electron chi connectivity index (χ2n) is 3.34. The van der Waals surface area contributed by atoms with Gasteiger partial charge in [0, 0.05) is 5.69 Å². The maximum Gasteiger partial charge on any atom is 0.349 e. The van der Waals surface area contributed by atoms with Gasteiger partial charge in [-0.25, -0.2) is 9.78 Å². The number of nitriles is 1. The molecule has 90 valence electrons. The molecule has 0 spiro atoms. The zero-order valence-corrected chi connectivity index (χ0v) is 10.3. The van der Waals surface area contributed by atoms with Crippen molar-refractivity contribution in [1.29, 1.82) is 5.26 Å². The molecule has 0 bridgehead atoms. The van der Waals surface area contributed by atoms with Gasteiger partial charge in [0.05, 0.1) is 24.9 Å². The number of anilines is 2. The fraction of sp³-hybridized carbons (Fsp3) is 0.0833. The van der Waals surface area contributed by atoms with Crippen molar-refractivity contribution in [3.8, 4) is 6.07 Å². The second-order valence-corrected chi connectivity index (χ2v) is 4.37. The molecule has 0 aliphatic carbocycles. The average molecular weight is 259 g/mol. The van der Waals surface area contributed by atoms with Gasteiger partial charge in [0.25, 0.3) is 0 Å². The van der Waals surface area contributed by atoms with E-state index >= 15 is 0 Å². The number of methoxy groups -OCH3 is 1. The SMILES string of the molecule is COC(=O)c1cnc(Nc2cccc(C#N)c2)s1. The molecule has 0 fully saturated rings. The maximum absolute atomic E-state index is 11.3. The minimum Gasteiger partial charge on any atom is -0.465 e. The van der Waals surface area contributed by atoms with E-state index < -0.39 is 5.97 Å². The van der Waals surface area contributed by atoms with Crippen molar-refractivity contribution in [2.75, 3.05) is 12.4 Å². The van der Waals surface area contributed by atoms with Gasteiger partial charge in [0.1, 0.15) is 4.88 Å². The first-order valence-corrected chi connectivity index (χ1v) is 5.86. The molecule has 2 aromatic rings. The molecule has 2 rings (SSSR count). The Hall–Kier alpha value is -2.39. The van der Waals surface area contributed by atoms with Crippen LogP contribution >= 0.6 is 11.3 Å². The van der Waals surface area contributed by atoms with Gasteiger partial charge in [-0.15, -0.1) is 0 Å².